The van der Waals surface area contributed by atoms with E-state index in [1.54, 1.807) is 12.1 Å². The highest BCUT2D eigenvalue weighted by Crippen LogP contribution is 2.25. The Bertz CT molecular complexity index is 871. The minimum atomic E-state index is -0.326. The molecule has 164 valence electrons. The van der Waals surface area contributed by atoms with Crippen LogP contribution in [-0.2, 0) is 11.3 Å². The van der Waals surface area contributed by atoms with E-state index in [0.29, 0.717) is 18.2 Å². The lowest BCUT2D eigenvalue weighted by Gasteiger charge is -2.41. The summed E-state index contributed by atoms with van der Waals surface area (Å²) in [7, 11) is 0. The van der Waals surface area contributed by atoms with Crippen molar-refractivity contribution >= 4 is 11.8 Å². The van der Waals surface area contributed by atoms with Gasteiger partial charge in [0.2, 0.25) is 5.91 Å². The molecule has 2 aromatic rings. The van der Waals surface area contributed by atoms with Crippen molar-refractivity contribution in [1.29, 1.82) is 0 Å². The summed E-state index contributed by atoms with van der Waals surface area (Å²) in [5, 5.41) is 3.08. The lowest BCUT2D eigenvalue weighted by molar-refractivity contribution is -0.126. The second-order valence-corrected chi connectivity index (χ2v) is 8.54. The standard InChI is InChI=1S/C25H30FN3O2/c26-22-8-6-21(7-9-22)25(31)29-16-12-23(13-17-29)28-14-10-20(11-15-28)24(30)27-18-19-4-2-1-3-5-19/h1-9,20,23H,10-18H2,(H,27,30). The van der Waals surface area contributed by atoms with Crippen molar-refractivity contribution in [3.05, 3.63) is 71.5 Å². The van der Waals surface area contributed by atoms with Crippen LogP contribution in [0.2, 0.25) is 0 Å². The third-order valence-corrected chi connectivity index (χ3v) is 6.57. The van der Waals surface area contributed by atoms with Crippen LogP contribution < -0.4 is 5.32 Å². The molecule has 31 heavy (non-hydrogen) atoms. The summed E-state index contributed by atoms with van der Waals surface area (Å²) in [5.41, 5.74) is 1.66. The van der Waals surface area contributed by atoms with Crippen LogP contribution in [0.3, 0.4) is 0 Å². The van der Waals surface area contributed by atoms with Crippen molar-refractivity contribution < 1.29 is 14.0 Å². The van der Waals surface area contributed by atoms with Gasteiger partial charge < -0.3 is 15.1 Å². The van der Waals surface area contributed by atoms with Gasteiger partial charge in [0.25, 0.3) is 5.91 Å². The fourth-order valence-electron chi connectivity index (χ4n) is 4.67. The Balaban J connectivity index is 1.20. The van der Waals surface area contributed by atoms with Gasteiger partial charge in [0, 0.05) is 37.2 Å². The number of benzene rings is 2. The molecule has 6 heteroatoms. The van der Waals surface area contributed by atoms with Gasteiger partial charge in [0.05, 0.1) is 0 Å². The fraction of sp³-hybridized carbons (Fsp3) is 0.440. The van der Waals surface area contributed by atoms with Crippen LogP contribution in [0.4, 0.5) is 4.39 Å². The van der Waals surface area contributed by atoms with Gasteiger partial charge in [0.1, 0.15) is 5.82 Å². The highest BCUT2D eigenvalue weighted by molar-refractivity contribution is 5.94. The number of nitrogens with zero attached hydrogens (tertiary/aromatic N) is 2. The molecule has 0 atom stereocenters. The van der Waals surface area contributed by atoms with E-state index in [9.17, 15) is 14.0 Å². The molecule has 2 heterocycles. The Labute approximate surface area is 183 Å². The smallest absolute Gasteiger partial charge is 0.253 e. The molecule has 0 saturated carbocycles. The van der Waals surface area contributed by atoms with Crippen LogP contribution in [0, 0.1) is 11.7 Å². The molecule has 2 aliphatic heterocycles. The Morgan fingerprint density at radius 3 is 2.16 bits per heavy atom. The number of piperidine rings is 2. The lowest BCUT2D eigenvalue weighted by Crippen LogP contribution is -2.50. The molecule has 1 N–H and O–H groups in total. The average molecular weight is 424 g/mol. The van der Waals surface area contributed by atoms with E-state index < -0.39 is 0 Å². The predicted octanol–water partition coefficient (Wildman–Crippen LogP) is 3.46. The number of carbonyl (C=O) groups excluding carboxylic acids is 2. The van der Waals surface area contributed by atoms with E-state index in [0.717, 1.165) is 57.4 Å². The molecule has 0 unspecified atom stereocenters. The van der Waals surface area contributed by atoms with Gasteiger partial charge in [-0.15, -0.1) is 0 Å². The summed E-state index contributed by atoms with van der Waals surface area (Å²) in [5.74, 6) is -0.108. The zero-order valence-electron chi connectivity index (χ0n) is 17.8. The number of likely N-dealkylation sites (tertiary alicyclic amines) is 2. The van der Waals surface area contributed by atoms with Gasteiger partial charge in [-0.2, -0.15) is 0 Å². The SMILES string of the molecule is O=C(NCc1ccccc1)C1CCN(C2CCN(C(=O)c3ccc(F)cc3)CC2)CC1. The second-order valence-electron chi connectivity index (χ2n) is 8.54. The minimum absolute atomic E-state index is 0.0211. The van der Waals surface area contributed by atoms with E-state index in [1.165, 1.54) is 12.1 Å². The summed E-state index contributed by atoms with van der Waals surface area (Å²) in [6.07, 6.45) is 3.65. The van der Waals surface area contributed by atoms with Crippen molar-refractivity contribution in [3.63, 3.8) is 0 Å². The average Bonchev–Trinajstić information content (AvgIpc) is 2.83. The van der Waals surface area contributed by atoms with Crippen molar-refractivity contribution in [2.24, 2.45) is 5.92 Å². The third-order valence-electron chi connectivity index (χ3n) is 6.57. The fourth-order valence-corrected chi connectivity index (χ4v) is 4.67. The predicted molar refractivity (Wildman–Crippen MR) is 118 cm³/mol. The molecular weight excluding hydrogens is 393 g/mol. The highest BCUT2D eigenvalue weighted by atomic mass is 19.1. The van der Waals surface area contributed by atoms with Gasteiger partial charge >= 0.3 is 0 Å². The van der Waals surface area contributed by atoms with Crippen LogP contribution in [0.25, 0.3) is 0 Å². The van der Waals surface area contributed by atoms with Crippen LogP contribution in [0.15, 0.2) is 54.6 Å². The summed E-state index contributed by atoms with van der Waals surface area (Å²) >= 11 is 0. The monoisotopic (exact) mass is 423 g/mol. The van der Waals surface area contributed by atoms with Gasteiger partial charge in [0.15, 0.2) is 0 Å². The Hall–Kier alpha value is -2.73. The van der Waals surface area contributed by atoms with E-state index >= 15 is 0 Å². The second kappa shape index (κ2) is 10.1. The number of rotatable bonds is 5. The molecule has 2 aliphatic rings. The first-order chi connectivity index (χ1) is 15.1. The maximum atomic E-state index is 13.1. The molecule has 2 aromatic carbocycles. The van der Waals surface area contributed by atoms with Gasteiger partial charge in [-0.3, -0.25) is 9.59 Å². The summed E-state index contributed by atoms with van der Waals surface area (Å²) in [6, 6.07) is 16.2. The number of hydrogen-bond donors (Lipinski definition) is 1. The first-order valence-electron chi connectivity index (χ1n) is 11.2. The summed E-state index contributed by atoms with van der Waals surface area (Å²) < 4.78 is 13.1. The van der Waals surface area contributed by atoms with Crippen LogP contribution >= 0.6 is 0 Å². The number of amides is 2. The molecular formula is C25H30FN3O2. The topological polar surface area (TPSA) is 52.7 Å². The van der Waals surface area contributed by atoms with Crippen LogP contribution in [0.5, 0.6) is 0 Å². The quantitative estimate of drug-likeness (QED) is 0.801. The number of carbonyl (C=O) groups is 2. The molecule has 0 aliphatic carbocycles. The summed E-state index contributed by atoms with van der Waals surface area (Å²) in [6.45, 7) is 3.89. The minimum Gasteiger partial charge on any atom is -0.352 e. The zero-order valence-corrected chi connectivity index (χ0v) is 17.8. The molecule has 4 rings (SSSR count). The first kappa shape index (κ1) is 21.5. The Morgan fingerprint density at radius 2 is 1.52 bits per heavy atom. The van der Waals surface area contributed by atoms with Crippen molar-refractivity contribution in [3.8, 4) is 0 Å². The van der Waals surface area contributed by atoms with Crippen LogP contribution in [-0.4, -0.2) is 53.8 Å². The molecule has 5 nitrogen and oxygen atoms in total. The van der Waals surface area contributed by atoms with E-state index in [2.05, 4.69) is 10.2 Å². The molecule has 2 saturated heterocycles. The third kappa shape index (κ3) is 5.50. The van der Waals surface area contributed by atoms with Crippen molar-refractivity contribution in [2.75, 3.05) is 26.2 Å². The molecule has 0 spiro atoms. The molecule has 0 radical (unpaired) electrons. The van der Waals surface area contributed by atoms with Gasteiger partial charge in [-0.25, -0.2) is 4.39 Å². The molecule has 0 bridgehead atoms. The normalized spacial score (nSPS) is 18.7. The number of nitrogens with one attached hydrogen (secondary N) is 1. The van der Waals surface area contributed by atoms with Crippen molar-refractivity contribution in [2.45, 2.75) is 38.3 Å². The first-order valence-corrected chi connectivity index (χ1v) is 11.2. The molecule has 0 aromatic heterocycles. The highest BCUT2D eigenvalue weighted by Gasteiger charge is 2.31. The molecule has 2 amide bonds. The Kier molecular flexibility index (Phi) is 6.97. The number of halogens is 1. The zero-order chi connectivity index (χ0) is 21.6. The Morgan fingerprint density at radius 1 is 0.871 bits per heavy atom. The molecule has 2 fully saturated rings. The lowest BCUT2D eigenvalue weighted by atomic mass is 9.92. The summed E-state index contributed by atoms with van der Waals surface area (Å²) in [4.78, 5) is 29.5. The largest absolute Gasteiger partial charge is 0.352 e. The number of hydrogen-bond acceptors (Lipinski definition) is 3. The maximum Gasteiger partial charge on any atom is 0.253 e. The van der Waals surface area contributed by atoms with E-state index in [4.69, 9.17) is 0 Å². The van der Waals surface area contributed by atoms with Gasteiger partial charge in [-0.1, -0.05) is 30.3 Å². The van der Waals surface area contributed by atoms with Gasteiger partial charge in [-0.05, 0) is 68.6 Å². The maximum absolute atomic E-state index is 13.1. The van der Waals surface area contributed by atoms with E-state index in [-0.39, 0.29) is 23.5 Å². The van der Waals surface area contributed by atoms with Crippen molar-refractivity contribution in [1.82, 2.24) is 15.1 Å². The van der Waals surface area contributed by atoms with Crippen LogP contribution in [0.1, 0.15) is 41.6 Å². The van der Waals surface area contributed by atoms with E-state index in [1.807, 2.05) is 35.2 Å².